The van der Waals surface area contributed by atoms with Crippen LogP contribution < -0.4 is 4.90 Å². The molecule has 4 rings (SSSR count). The van der Waals surface area contributed by atoms with E-state index < -0.39 is 17.9 Å². The maximum Gasteiger partial charge on any atom is 0.321 e. The minimum Gasteiger partial charge on any atom is -0.465 e. The molecule has 1 aliphatic rings. The van der Waals surface area contributed by atoms with Crippen molar-refractivity contribution in [2.75, 3.05) is 18.6 Å². The Morgan fingerprint density at radius 3 is 2.54 bits per heavy atom. The van der Waals surface area contributed by atoms with Crippen LogP contribution >= 0.6 is 0 Å². The highest BCUT2D eigenvalue weighted by Crippen LogP contribution is 2.40. The second-order valence-corrected chi connectivity index (χ2v) is 6.25. The largest absolute Gasteiger partial charge is 0.465 e. The monoisotopic (exact) mass is 349 g/mol. The molecule has 0 spiro atoms. The summed E-state index contributed by atoms with van der Waals surface area (Å²) in [7, 11) is 1.65. The van der Waals surface area contributed by atoms with Crippen molar-refractivity contribution in [1.29, 1.82) is 0 Å². The molecule has 0 N–H and O–H groups in total. The lowest BCUT2D eigenvalue weighted by atomic mass is 9.89. The topological polar surface area (TPSA) is 64.4 Å². The Bertz CT molecular complexity index is 980. The maximum atomic E-state index is 13.0. The van der Waals surface area contributed by atoms with Crippen molar-refractivity contribution in [1.82, 2.24) is 9.55 Å². The van der Waals surface area contributed by atoms with Crippen molar-refractivity contribution in [2.45, 2.75) is 13.0 Å². The smallest absolute Gasteiger partial charge is 0.321 e. The number of carbonyl (C=O) groups excluding carboxylic acids is 2. The lowest BCUT2D eigenvalue weighted by Crippen LogP contribution is -2.48. The van der Waals surface area contributed by atoms with E-state index in [2.05, 4.69) is 4.98 Å². The van der Waals surface area contributed by atoms with E-state index in [1.807, 2.05) is 59.2 Å². The van der Waals surface area contributed by atoms with Gasteiger partial charge in [0.25, 0.3) is 0 Å². The molecule has 0 unspecified atom stereocenters. The highest BCUT2D eigenvalue weighted by Gasteiger charge is 2.46. The molecule has 0 bridgehead atoms. The average Bonchev–Trinajstić information content (AvgIpc) is 3.05. The van der Waals surface area contributed by atoms with E-state index in [9.17, 15) is 9.59 Å². The molecular weight excluding hydrogens is 330 g/mol. The van der Waals surface area contributed by atoms with E-state index in [1.54, 1.807) is 14.0 Å². The Balaban J connectivity index is 2.00. The molecule has 2 atom stereocenters. The van der Waals surface area contributed by atoms with Crippen molar-refractivity contribution in [2.24, 2.45) is 5.92 Å². The minimum atomic E-state index is -0.951. The summed E-state index contributed by atoms with van der Waals surface area (Å²) < 4.78 is 7.20. The van der Waals surface area contributed by atoms with Crippen LogP contribution in [-0.2, 0) is 14.3 Å². The van der Waals surface area contributed by atoms with E-state index in [1.165, 1.54) is 4.90 Å². The van der Waals surface area contributed by atoms with Gasteiger partial charge in [0.15, 0.2) is 5.92 Å². The van der Waals surface area contributed by atoms with Crippen LogP contribution in [0.2, 0.25) is 0 Å². The molecule has 1 aliphatic heterocycles. The molecule has 0 fully saturated rings. The Hall–Kier alpha value is -3.15. The fourth-order valence-corrected chi connectivity index (χ4v) is 3.59. The standard InChI is InChI=1S/C20H19N3O3/c1-3-26-19(25)16-17(13-9-5-4-6-10-13)23-15-12-8-7-11-14(15)21-20(23)22(2)18(16)24/h4-12,16-17H,3H2,1-2H3/t16-,17+/m0/s1. The van der Waals surface area contributed by atoms with Crippen molar-refractivity contribution in [3.05, 3.63) is 60.2 Å². The van der Waals surface area contributed by atoms with E-state index in [0.717, 1.165) is 16.6 Å². The van der Waals surface area contributed by atoms with E-state index in [4.69, 9.17) is 4.74 Å². The van der Waals surface area contributed by atoms with Crippen molar-refractivity contribution < 1.29 is 14.3 Å². The molecular formula is C20H19N3O3. The van der Waals surface area contributed by atoms with Gasteiger partial charge in [0.2, 0.25) is 11.9 Å². The number of nitrogens with zero attached hydrogens (tertiary/aromatic N) is 3. The van der Waals surface area contributed by atoms with Crippen molar-refractivity contribution in [3.8, 4) is 0 Å². The summed E-state index contributed by atoms with van der Waals surface area (Å²) in [4.78, 5) is 31.8. The molecule has 2 aromatic carbocycles. The normalized spacial score (nSPS) is 19.5. The Kier molecular flexibility index (Phi) is 3.95. The molecule has 3 aromatic rings. The zero-order valence-corrected chi connectivity index (χ0v) is 14.6. The van der Waals surface area contributed by atoms with Gasteiger partial charge in [0, 0.05) is 7.05 Å². The number of fused-ring (bicyclic) bond motifs is 3. The third kappa shape index (κ3) is 2.37. The van der Waals surface area contributed by atoms with Gasteiger partial charge >= 0.3 is 5.97 Å². The number of amides is 1. The summed E-state index contributed by atoms with van der Waals surface area (Å²) >= 11 is 0. The molecule has 0 aliphatic carbocycles. The first-order valence-corrected chi connectivity index (χ1v) is 8.59. The molecule has 0 saturated carbocycles. The van der Waals surface area contributed by atoms with Gasteiger partial charge < -0.3 is 9.30 Å². The van der Waals surface area contributed by atoms with Crippen molar-refractivity contribution in [3.63, 3.8) is 0 Å². The Morgan fingerprint density at radius 2 is 1.81 bits per heavy atom. The van der Waals surface area contributed by atoms with Gasteiger partial charge in [-0.25, -0.2) is 4.98 Å². The molecule has 1 amide bonds. The fourth-order valence-electron chi connectivity index (χ4n) is 3.59. The Labute approximate surface area is 151 Å². The molecule has 6 nitrogen and oxygen atoms in total. The first-order valence-electron chi connectivity index (χ1n) is 8.59. The second-order valence-electron chi connectivity index (χ2n) is 6.25. The third-order valence-corrected chi connectivity index (χ3v) is 4.75. The number of imidazole rings is 1. The number of hydrogen-bond acceptors (Lipinski definition) is 4. The number of aromatic nitrogens is 2. The second kappa shape index (κ2) is 6.29. The van der Waals surface area contributed by atoms with Crippen LogP contribution in [0.4, 0.5) is 5.95 Å². The summed E-state index contributed by atoms with van der Waals surface area (Å²) in [6, 6.07) is 16.8. The summed E-state index contributed by atoms with van der Waals surface area (Å²) in [6.07, 6.45) is 0. The van der Waals surface area contributed by atoms with Crippen LogP contribution in [0.15, 0.2) is 54.6 Å². The number of para-hydroxylation sites is 2. The van der Waals surface area contributed by atoms with Crippen LogP contribution in [0.5, 0.6) is 0 Å². The van der Waals surface area contributed by atoms with Gasteiger partial charge in [-0.2, -0.15) is 0 Å². The van der Waals surface area contributed by atoms with Gasteiger partial charge in [0.1, 0.15) is 0 Å². The summed E-state index contributed by atoms with van der Waals surface area (Å²) in [5.41, 5.74) is 2.54. The first-order chi connectivity index (χ1) is 12.6. The van der Waals surface area contributed by atoms with Crippen LogP contribution in [0.1, 0.15) is 18.5 Å². The highest BCUT2D eigenvalue weighted by atomic mass is 16.5. The summed E-state index contributed by atoms with van der Waals surface area (Å²) in [5, 5.41) is 0. The first kappa shape index (κ1) is 16.3. The summed E-state index contributed by atoms with van der Waals surface area (Å²) in [6.45, 7) is 1.97. The quantitative estimate of drug-likeness (QED) is 0.539. The fraction of sp³-hybridized carbons (Fsp3) is 0.250. The van der Waals surface area contributed by atoms with Crippen LogP contribution in [0.3, 0.4) is 0 Å². The molecule has 0 saturated heterocycles. The number of rotatable bonds is 3. The summed E-state index contributed by atoms with van der Waals surface area (Å²) in [5.74, 6) is -1.24. The predicted octanol–water partition coefficient (Wildman–Crippen LogP) is 2.78. The molecule has 26 heavy (non-hydrogen) atoms. The number of benzene rings is 2. The SMILES string of the molecule is CCOC(=O)[C@@H]1C(=O)N(C)c2nc3ccccc3n2[C@@H]1c1ccccc1. The van der Waals surface area contributed by atoms with Gasteiger partial charge in [-0.05, 0) is 24.6 Å². The van der Waals surface area contributed by atoms with Gasteiger partial charge in [0.05, 0.1) is 23.7 Å². The zero-order valence-electron chi connectivity index (χ0n) is 14.6. The van der Waals surface area contributed by atoms with E-state index in [0.29, 0.717) is 5.95 Å². The lowest BCUT2D eigenvalue weighted by molar-refractivity contribution is -0.153. The van der Waals surface area contributed by atoms with Crippen molar-refractivity contribution >= 4 is 28.9 Å². The lowest BCUT2D eigenvalue weighted by Gasteiger charge is -2.36. The molecule has 1 aromatic heterocycles. The molecule has 6 heteroatoms. The molecule has 132 valence electrons. The van der Waals surface area contributed by atoms with Gasteiger partial charge in [-0.15, -0.1) is 0 Å². The molecule has 0 radical (unpaired) electrons. The number of hydrogen-bond donors (Lipinski definition) is 0. The maximum absolute atomic E-state index is 13.0. The highest BCUT2D eigenvalue weighted by molar-refractivity contribution is 6.08. The third-order valence-electron chi connectivity index (χ3n) is 4.75. The average molecular weight is 349 g/mol. The van der Waals surface area contributed by atoms with Crippen LogP contribution in [0, 0.1) is 5.92 Å². The molecule has 2 heterocycles. The van der Waals surface area contributed by atoms with Crippen LogP contribution in [-0.4, -0.2) is 35.1 Å². The van der Waals surface area contributed by atoms with E-state index >= 15 is 0 Å². The Morgan fingerprint density at radius 1 is 1.12 bits per heavy atom. The number of esters is 1. The number of ether oxygens (including phenoxy) is 1. The minimum absolute atomic E-state index is 0.228. The zero-order chi connectivity index (χ0) is 18.3. The number of carbonyl (C=O) groups is 2. The number of anilines is 1. The van der Waals surface area contributed by atoms with Gasteiger partial charge in [-0.3, -0.25) is 14.5 Å². The van der Waals surface area contributed by atoms with Crippen LogP contribution in [0.25, 0.3) is 11.0 Å². The predicted molar refractivity (Wildman–Crippen MR) is 97.8 cm³/mol. The van der Waals surface area contributed by atoms with E-state index in [-0.39, 0.29) is 12.5 Å². The van der Waals surface area contributed by atoms with Gasteiger partial charge in [-0.1, -0.05) is 42.5 Å².